The molecule has 31 heavy (non-hydrogen) atoms. The molecule has 0 aromatic heterocycles. The minimum Gasteiger partial charge on any atom is -0.508 e. The van der Waals surface area contributed by atoms with Gasteiger partial charge >= 0.3 is 0 Å². The summed E-state index contributed by atoms with van der Waals surface area (Å²) in [4.78, 5) is 19.9. The fourth-order valence-corrected chi connectivity index (χ4v) is 5.30. The summed E-state index contributed by atoms with van der Waals surface area (Å²) in [5.74, 6) is 0.186. The number of amides is 1. The van der Waals surface area contributed by atoms with Crippen LogP contribution in [0, 0.1) is 5.82 Å². The summed E-state index contributed by atoms with van der Waals surface area (Å²) in [6, 6.07) is 12.5. The zero-order chi connectivity index (χ0) is 22.3. The molecule has 1 N–H and O–H groups in total. The lowest BCUT2D eigenvalue weighted by molar-refractivity contribution is -0.145. The molecule has 5 nitrogen and oxygen atoms in total. The number of likely N-dealkylation sites (N-methyl/N-ethyl adjacent to an activating group) is 1. The minimum atomic E-state index is -0.654. The summed E-state index contributed by atoms with van der Waals surface area (Å²) < 4.78 is 13.6. The maximum atomic E-state index is 13.6. The molecule has 0 bridgehead atoms. The van der Waals surface area contributed by atoms with E-state index in [9.17, 15) is 14.3 Å². The Morgan fingerprint density at radius 2 is 1.90 bits per heavy atom. The molecule has 0 radical (unpaired) electrons. The monoisotopic (exact) mass is 425 g/mol. The molecule has 2 aliphatic rings. The number of fused-ring (bicyclic) bond motifs is 1. The van der Waals surface area contributed by atoms with E-state index in [-0.39, 0.29) is 23.8 Å². The third-order valence-electron chi connectivity index (χ3n) is 7.05. The Labute approximate surface area is 184 Å². The number of hydrogen-bond acceptors (Lipinski definition) is 4. The van der Waals surface area contributed by atoms with Crippen LogP contribution in [0.2, 0.25) is 0 Å². The number of carbonyl (C=O) groups is 1. The summed E-state index contributed by atoms with van der Waals surface area (Å²) in [7, 11) is 1.88. The Morgan fingerprint density at radius 1 is 1.16 bits per heavy atom. The highest BCUT2D eigenvalue weighted by molar-refractivity contribution is 5.86. The van der Waals surface area contributed by atoms with Crippen LogP contribution in [0.25, 0.3) is 0 Å². The number of halogens is 1. The average Bonchev–Trinajstić information content (AvgIpc) is 3.18. The summed E-state index contributed by atoms with van der Waals surface area (Å²) in [6.45, 7) is 8.35. The van der Waals surface area contributed by atoms with Gasteiger partial charge < -0.3 is 14.9 Å². The topological polar surface area (TPSA) is 47.0 Å². The Balaban J connectivity index is 1.44. The van der Waals surface area contributed by atoms with E-state index in [1.54, 1.807) is 18.2 Å². The molecule has 2 atom stereocenters. The third kappa shape index (κ3) is 4.01. The number of rotatable bonds is 4. The van der Waals surface area contributed by atoms with Crippen molar-refractivity contribution in [2.45, 2.75) is 51.2 Å². The summed E-state index contributed by atoms with van der Waals surface area (Å²) in [5, 5.41) is 10.2. The molecule has 1 aliphatic heterocycles. The molecule has 4 rings (SSSR count). The fraction of sp³-hybridized carbons (Fsp3) is 0.480. The number of aromatic hydroxyl groups is 1. The molecule has 166 valence electrons. The van der Waals surface area contributed by atoms with E-state index in [2.05, 4.69) is 16.7 Å². The highest BCUT2D eigenvalue weighted by Gasteiger charge is 2.43. The van der Waals surface area contributed by atoms with Gasteiger partial charge in [-0.2, -0.15) is 0 Å². The zero-order valence-corrected chi connectivity index (χ0v) is 18.8. The van der Waals surface area contributed by atoms with Crippen molar-refractivity contribution in [3.05, 3.63) is 59.4 Å². The smallest absolute Gasteiger partial charge is 0.242 e. The van der Waals surface area contributed by atoms with Crippen LogP contribution >= 0.6 is 0 Å². The van der Waals surface area contributed by atoms with Gasteiger partial charge in [0, 0.05) is 44.5 Å². The minimum absolute atomic E-state index is 0.0546. The van der Waals surface area contributed by atoms with Gasteiger partial charge in [-0.15, -0.1) is 0 Å². The van der Waals surface area contributed by atoms with Crippen molar-refractivity contribution < 1.29 is 14.3 Å². The van der Waals surface area contributed by atoms with Crippen LogP contribution in [0.1, 0.15) is 31.9 Å². The van der Waals surface area contributed by atoms with Gasteiger partial charge in [-0.3, -0.25) is 9.69 Å². The molecule has 2 unspecified atom stereocenters. The fourth-order valence-electron chi connectivity index (χ4n) is 5.30. The standard InChI is InChI=1S/C25H32FN3O2/c1-17-16-28(20-9-6-8-19(26)14-20)11-12-29(17)25(2,3)24(31)27(4)21-13-18-7-5-10-23(30)22(18)15-21/h5-10,14,17,21,30H,11-13,15-16H2,1-4H3. The summed E-state index contributed by atoms with van der Waals surface area (Å²) >= 11 is 0. The van der Waals surface area contributed by atoms with Crippen LogP contribution in [0.15, 0.2) is 42.5 Å². The molecule has 2 aromatic rings. The quantitative estimate of drug-likeness (QED) is 0.815. The van der Waals surface area contributed by atoms with E-state index in [0.717, 1.165) is 42.9 Å². The number of anilines is 1. The molecule has 1 amide bonds. The lowest BCUT2D eigenvalue weighted by Gasteiger charge is -2.49. The zero-order valence-electron chi connectivity index (χ0n) is 18.8. The van der Waals surface area contributed by atoms with Crippen molar-refractivity contribution in [2.24, 2.45) is 0 Å². The predicted molar refractivity (Wildman–Crippen MR) is 121 cm³/mol. The van der Waals surface area contributed by atoms with Crippen molar-refractivity contribution in [3.63, 3.8) is 0 Å². The van der Waals surface area contributed by atoms with E-state index in [1.807, 2.05) is 44.0 Å². The molecule has 1 heterocycles. The van der Waals surface area contributed by atoms with Crippen molar-refractivity contribution in [3.8, 4) is 5.75 Å². The molecule has 1 aliphatic carbocycles. The summed E-state index contributed by atoms with van der Waals surface area (Å²) in [6.07, 6.45) is 1.45. The largest absolute Gasteiger partial charge is 0.508 e. The molecule has 1 saturated heterocycles. The first-order valence-corrected chi connectivity index (χ1v) is 11.0. The Kier molecular flexibility index (Phi) is 5.69. The van der Waals surface area contributed by atoms with E-state index in [1.165, 1.54) is 6.07 Å². The molecule has 0 spiro atoms. The highest BCUT2D eigenvalue weighted by Crippen LogP contribution is 2.33. The third-order valence-corrected chi connectivity index (χ3v) is 7.05. The normalized spacial score (nSPS) is 21.8. The molecule has 1 fully saturated rings. The number of benzene rings is 2. The first-order chi connectivity index (χ1) is 14.7. The van der Waals surface area contributed by atoms with Crippen molar-refractivity contribution in [2.75, 3.05) is 31.6 Å². The second-order valence-electron chi connectivity index (χ2n) is 9.42. The van der Waals surface area contributed by atoms with Gasteiger partial charge in [0.15, 0.2) is 0 Å². The number of hydrogen-bond donors (Lipinski definition) is 1. The van der Waals surface area contributed by atoms with Gasteiger partial charge in [-0.25, -0.2) is 4.39 Å². The van der Waals surface area contributed by atoms with Gasteiger partial charge in [0.2, 0.25) is 5.91 Å². The average molecular weight is 426 g/mol. The molecule has 2 aromatic carbocycles. The highest BCUT2D eigenvalue weighted by atomic mass is 19.1. The van der Waals surface area contributed by atoms with Crippen LogP contribution in [-0.4, -0.2) is 65.1 Å². The Hall–Kier alpha value is -2.60. The molecular weight excluding hydrogens is 393 g/mol. The van der Waals surface area contributed by atoms with Crippen LogP contribution in [0.4, 0.5) is 10.1 Å². The number of phenolic OH excluding ortho intramolecular Hbond substituents is 1. The van der Waals surface area contributed by atoms with Crippen molar-refractivity contribution >= 4 is 11.6 Å². The second kappa shape index (κ2) is 8.15. The van der Waals surface area contributed by atoms with E-state index >= 15 is 0 Å². The Morgan fingerprint density at radius 3 is 2.58 bits per heavy atom. The number of carbonyl (C=O) groups excluding carboxylic acids is 1. The van der Waals surface area contributed by atoms with Gasteiger partial charge in [-0.1, -0.05) is 18.2 Å². The maximum Gasteiger partial charge on any atom is 0.242 e. The van der Waals surface area contributed by atoms with Crippen LogP contribution < -0.4 is 4.90 Å². The van der Waals surface area contributed by atoms with Crippen molar-refractivity contribution in [1.29, 1.82) is 0 Å². The maximum absolute atomic E-state index is 13.6. The van der Waals surface area contributed by atoms with Crippen LogP contribution in [0.3, 0.4) is 0 Å². The van der Waals surface area contributed by atoms with Gasteiger partial charge in [-0.05, 0) is 69.0 Å². The number of piperazine rings is 1. The van der Waals surface area contributed by atoms with E-state index in [4.69, 9.17) is 0 Å². The molecular formula is C25H32FN3O2. The molecule has 0 saturated carbocycles. The van der Waals surface area contributed by atoms with E-state index in [0.29, 0.717) is 12.2 Å². The predicted octanol–water partition coefficient (Wildman–Crippen LogP) is 3.45. The lowest BCUT2D eigenvalue weighted by atomic mass is 9.95. The van der Waals surface area contributed by atoms with E-state index < -0.39 is 5.54 Å². The lowest BCUT2D eigenvalue weighted by Crippen LogP contribution is -2.65. The first-order valence-electron chi connectivity index (χ1n) is 11.0. The van der Waals surface area contributed by atoms with Gasteiger partial charge in [0.1, 0.15) is 11.6 Å². The SMILES string of the molecule is CC1CN(c2cccc(F)c2)CCN1C(C)(C)C(=O)N(C)C1Cc2cccc(O)c2C1. The second-order valence-corrected chi connectivity index (χ2v) is 9.42. The Bertz CT molecular complexity index is 977. The number of phenols is 1. The van der Waals surface area contributed by atoms with Gasteiger partial charge in [0.25, 0.3) is 0 Å². The number of nitrogens with zero attached hydrogens (tertiary/aromatic N) is 3. The van der Waals surface area contributed by atoms with Crippen LogP contribution in [0.5, 0.6) is 5.75 Å². The molecule has 6 heteroatoms. The first kappa shape index (κ1) is 21.6. The van der Waals surface area contributed by atoms with Gasteiger partial charge in [0.05, 0.1) is 5.54 Å². The summed E-state index contributed by atoms with van der Waals surface area (Å²) in [5.41, 5.74) is 2.32. The van der Waals surface area contributed by atoms with Crippen molar-refractivity contribution in [1.82, 2.24) is 9.80 Å². The van der Waals surface area contributed by atoms with Crippen LogP contribution in [-0.2, 0) is 17.6 Å².